The lowest BCUT2D eigenvalue weighted by atomic mass is 10.0. The molecule has 0 atom stereocenters. The van der Waals surface area contributed by atoms with Gasteiger partial charge in [-0.05, 0) is 16.3 Å². The van der Waals surface area contributed by atoms with Crippen molar-refractivity contribution in [2.45, 2.75) is 6.54 Å². The van der Waals surface area contributed by atoms with E-state index in [1.807, 2.05) is 24.3 Å². The van der Waals surface area contributed by atoms with Crippen LogP contribution in [0.4, 0.5) is 5.69 Å². The number of rotatable bonds is 4. The van der Waals surface area contributed by atoms with Gasteiger partial charge in [0.05, 0.1) is 24.7 Å². The van der Waals surface area contributed by atoms with E-state index in [4.69, 9.17) is 0 Å². The van der Waals surface area contributed by atoms with Crippen LogP contribution in [0.2, 0.25) is 0 Å². The maximum Gasteiger partial charge on any atom is 0.229 e. The van der Waals surface area contributed by atoms with Crippen LogP contribution >= 0.6 is 0 Å². The third-order valence-corrected chi connectivity index (χ3v) is 3.76. The van der Waals surface area contributed by atoms with Crippen LogP contribution in [0.3, 0.4) is 0 Å². The first-order chi connectivity index (χ1) is 10.0. The largest absolute Gasteiger partial charge is 0.281 e. The highest BCUT2D eigenvalue weighted by Crippen LogP contribution is 2.19. The maximum absolute atomic E-state index is 11.2. The molecule has 0 spiro atoms. The topological polar surface area (TPSA) is 64.0 Å². The third kappa shape index (κ3) is 3.22. The van der Waals surface area contributed by atoms with Gasteiger partial charge in [-0.25, -0.2) is 8.42 Å². The quantitative estimate of drug-likeness (QED) is 0.805. The van der Waals surface area contributed by atoms with E-state index in [0.717, 1.165) is 11.8 Å². The Balaban J connectivity index is 1.89. The summed E-state index contributed by atoms with van der Waals surface area (Å²) in [4.78, 5) is 0. The number of nitrogens with zero attached hydrogens (tertiary/aromatic N) is 2. The second-order valence-corrected chi connectivity index (χ2v) is 6.69. The molecule has 1 aromatic heterocycles. The molecule has 3 aromatic rings. The van der Waals surface area contributed by atoms with Crippen LogP contribution in [0.5, 0.6) is 0 Å². The van der Waals surface area contributed by atoms with E-state index in [1.165, 1.54) is 17.0 Å². The van der Waals surface area contributed by atoms with Crippen molar-refractivity contribution in [1.29, 1.82) is 0 Å². The van der Waals surface area contributed by atoms with Crippen molar-refractivity contribution in [3.63, 3.8) is 0 Å². The van der Waals surface area contributed by atoms with Crippen LogP contribution < -0.4 is 4.72 Å². The predicted molar refractivity (Wildman–Crippen MR) is 83.7 cm³/mol. The number of sulfonamides is 1. The van der Waals surface area contributed by atoms with Crippen molar-refractivity contribution in [3.05, 3.63) is 60.4 Å². The Morgan fingerprint density at radius 2 is 1.90 bits per heavy atom. The van der Waals surface area contributed by atoms with Gasteiger partial charge >= 0.3 is 0 Å². The van der Waals surface area contributed by atoms with Crippen LogP contribution in [-0.4, -0.2) is 24.5 Å². The summed E-state index contributed by atoms with van der Waals surface area (Å²) >= 11 is 0. The summed E-state index contributed by atoms with van der Waals surface area (Å²) in [6, 6.07) is 14.3. The standard InChI is InChI=1S/C15H15N3O2S/c1-21(19,20)17-14-9-16-18(11-14)10-13-7-4-6-12-5-2-3-8-15(12)13/h2-9,11,17H,10H2,1H3. The van der Waals surface area contributed by atoms with Crippen molar-refractivity contribution in [2.75, 3.05) is 11.0 Å². The molecule has 1 N–H and O–H groups in total. The molecule has 0 fully saturated rings. The molecule has 0 amide bonds. The van der Waals surface area contributed by atoms with E-state index >= 15 is 0 Å². The van der Waals surface area contributed by atoms with Gasteiger partial charge < -0.3 is 0 Å². The van der Waals surface area contributed by atoms with Crippen LogP contribution in [-0.2, 0) is 16.6 Å². The molecule has 1 heterocycles. The monoisotopic (exact) mass is 301 g/mol. The van der Waals surface area contributed by atoms with Crippen LogP contribution in [0, 0.1) is 0 Å². The second kappa shape index (κ2) is 5.21. The molecule has 0 aliphatic carbocycles. The zero-order valence-electron chi connectivity index (χ0n) is 11.5. The maximum atomic E-state index is 11.2. The van der Waals surface area contributed by atoms with Gasteiger partial charge in [-0.1, -0.05) is 42.5 Å². The summed E-state index contributed by atoms with van der Waals surface area (Å²) in [5.41, 5.74) is 1.61. The first kappa shape index (κ1) is 13.6. The first-order valence-electron chi connectivity index (χ1n) is 6.48. The average molecular weight is 301 g/mol. The Bertz CT molecular complexity index is 879. The highest BCUT2D eigenvalue weighted by Gasteiger charge is 2.06. The molecule has 6 heteroatoms. The Labute approximate surface area is 123 Å². The van der Waals surface area contributed by atoms with Crippen LogP contribution in [0.25, 0.3) is 10.8 Å². The molecule has 2 aromatic carbocycles. The van der Waals surface area contributed by atoms with E-state index < -0.39 is 10.0 Å². The summed E-state index contributed by atoms with van der Waals surface area (Å²) < 4.78 is 26.5. The van der Waals surface area contributed by atoms with Crippen LogP contribution in [0.15, 0.2) is 54.9 Å². The Kier molecular flexibility index (Phi) is 3.39. The fourth-order valence-electron chi connectivity index (χ4n) is 2.32. The van der Waals surface area contributed by atoms with Gasteiger partial charge in [0.25, 0.3) is 0 Å². The lowest BCUT2D eigenvalue weighted by Gasteiger charge is -2.06. The summed E-state index contributed by atoms with van der Waals surface area (Å²) in [6.07, 6.45) is 4.31. The Morgan fingerprint density at radius 3 is 2.71 bits per heavy atom. The number of fused-ring (bicyclic) bond motifs is 1. The number of benzene rings is 2. The lowest BCUT2D eigenvalue weighted by molar-refractivity contribution is 0.607. The van der Waals surface area contributed by atoms with E-state index in [1.54, 1.807) is 10.9 Å². The van der Waals surface area contributed by atoms with Gasteiger partial charge in [-0.2, -0.15) is 5.10 Å². The first-order valence-corrected chi connectivity index (χ1v) is 8.37. The van der Waals surface area contributed by atoms with E-state index in [2.05, 4.69) is 28.0 Å². The van der Waals surface area contributed by atoms with Crippen LogP contribution in [0.1, 0.15) is 5.56 Å². The van der Waals surface area contributed by atoms with Gasteiger partial charge in [0.1, 0.15) is 0 Å². The van der Waals surface area contributed by atoms with Crippen molar-refractivity contribution < 1.29 is 8.42 Å². The van der Waals surface area contributed by atoms with Gasteiger partial charge in [-0.15, -0.1) is 0 Å². The number of hydrogen-bond donors (Lipinski definition) is 1. The summed E-state index contributed by atoms with van der Waals surface area (Å²) in [7, 11) is -3.27. The minimum atomic E-state index is -3.27. The lowest BCUT2D eigenvalue weighted by Crippen LogP contribution is -2.08. The van der Waals surface area contributed by atoms with Crippen molar-refractivity contribution >= 4 is 26.5 Å². The molecule has 0 saturated heterocycles. The molecular weight excluding hydrogens is 286 g/mol. The van der Waals surface area contributed by atoms with Gasteiger partial charge in [-0.3, -0.25) is 9.40 Å². The van der Waals surface area contributed by atoms with Crippen molar-refractivity contribution in [2.24, 2.45) is 0 Å². The highest BCUT2D eigenvalue weighted by molar-refractivity contribution is 7.92. The summed E-state index contributed by atoms with van der Waals surface area (Å²) in [5.74, 6) is 0. The third-order valence-electron chi connectivity index (χ3n) is 3.15. The molecule has 5 nitrogen and oxygen atoms in total. The number of aromatic nitrogens is 2. The number of nitrogens with one attached hydrogen (secondary N) is 1. The fraction of sp³-hybridized carbons (Fsp3) is 0.133. The SMILES string of the molecule is CS(=O)(=O)Nc1cnn(Cc2cccc3ccccc23)c1. The van der Waals surface area contributed by atoms with E-state index in [9.17, 15) is 8.42 Å². The predicted octanol–water partition coefficient (Wildman–Crippen LogP) is 2.46. The molecule has 0 aliphatic heterocycles. The summed E-state index contributed by atoms with van der Waals surface area (Å²) in [5, 5.41) is 6.54. The molecule has 0 bridgehead atoms. The molecule has 0 radical (unpaired) electrons. The molecular formula is C15H15N3O2S. The molecule has 0 aliphatic rings. The van der Waals surface area contributed by atoms with Gasteiger partial charge in [0.15, 0.2) is 0 Å². The second-order valence-electron chi connectivity index (χ2n) is 4.94. The fourth-order valence-corrected chi connectivity index (χ4v) is 2.86. The molecule has 0 saturated carbocycles. The molecule has 21 heavy (non-hydrogen) atoms. The smallest absolute Gasteiger partial charge is 0.229 e. The van der Waals surface area contributed by atoms with Gasteiger partial charge in [0, 0.05) is 6.20 Å². The Morgan fingerprint density at radius 1 is 1.14 bits per heavy atom. The number of hydrogen-bond acceptors (Lipinski definition) is 3. The van der Waals surface area contributed by atoms with E-state index in [-0.39, 0.29) is 0 Å². The Hall–Kier alpha value is -2.34. The molecule has 0 unspecified atom stereocenters. The minimum Gasteiger partial charge on any atom is -0.281 e. The summed E-state index contributed by atoms with van der Waals surface area (Å²) in [6.45, 7) is 0.590. The average Bonchev–Trinajstić information content (AvgIpc) is 2.84. The highest BCUT2D eigenvalue weighted by atomic mass is 32.2. The zero-order valence-corrected chi connectivity index (χ0v) is 12.3. The number of anilines is 1. The molecule has 3 rings (SSSR count). The zero-order chi connectivity index (χ0) is 14.9. The van der Waals surface area contributed by atoms with Crippen molar-refractivity contribution in [1.82, 2.24) is 9.78 Å². The van der Waals surface area contributed by atoms with E-state index in [0.29, 0.717) is 12.2 Å². The normalized spacial score (nSPS) is 11.7. The van der Waals surface area contributed by atoms with Gasteiger partial charge in [0.2, 0.25) is 10.0 Å². The minimum absolute atomic E-state index is 0.470. The molecule has 108 valence electrons. The van der Waals surface area contributed by atoms with Crippen molar-refractivity contribution in [3.8, 4) is 0 Å².